The zero-order valence-electron chi connectivity index (χ0n) is 12.0. The first kappa shape index (κ1) is 14.7. The molecular weight excluding hydrogens is 304 g/mol. The minimum absolute atomic E-state index is 0.141. The largest absolute Gasteiger partial charge is 0.393 e. The zero-order valence-corrected chi connectivity index (χ0v) is 13.6. The monoisotopic (exact) mass is 324 g/mol. The van der Waals surface area contributed by atoms with E-state index in [0.29, 0.717) is 11.7 Å². The van der Waals surface area contributed by atoms with Crippen LogP contribution in [-0.2, 0) is 0 Å². The molecule has 5 nitrogen and oxygen atoms in total. The molecule has 4 N–H and O–H groups in total. The van der Waals surface area contributed by atoms with E-state index in [2.05, 4.69) is 14.7 Å². The summed E-state index contributed by atoms with van der Waals surface area (Å²) >= 11 is 3.00. The van der Waals surface area contributed by atoms with Gasteiger partial charge in [-0.15, -0.1) is 11.3 Å². The number of nitrogens with one attached hydrogen (secondary N) is 1. The summed E-state index contributed by atoms with van der Waals surface area (Å²) in [5, 5.41) is 17.2. The lowest BCUT2D eigenvalue weighted by Crippen LogP contribution is -2.24. The van der Waals surface area contributed by atoms with Crippen molar-refractivity contribution < 1.29 is 5.11 Å². The van der Waals surface area contributed by atoms with Crippen LogP contribution in [0.15, 0.2) is 5.38 Å². The van der Waals surface area contributed by atoms with Crippen LogP contribution >= 0.6 is 22.9 Å². The van der Waals surface area contributed by atoms with E-state index < -0.39 is 0 Å². The van der Waals surface area contributed by atoms with E-state index in [0.717, 1.165) is 47.1 Å². The Balaban J connectivity index is 1.71. The summed E-state index contributed by atoms with van der Waals surface area (Å²) in [5.41, 5.74) is 7.81. The smallest absolute Gasteiger partial charge is 0.148 e. The van der Waals surface area contributed by atoms with Gasteiger partial charge in [0.15, 0.2) is 0 Å². The van der Waals surface area contributed by atoms with Crippen LogP contribution in [0.4, 0.5) is 10.8 Å². The van der Waals surface area contributed by atoms with Gasteiger partial charge in [-0.25, -0.2) is 4.98 Å². The van der Waals surface area contributed by atoms with Crippen LogP contribution in [0, 0.1) is 12.8 Å². The normalized spacial score (nSPS) is 22.4. The van der Waals surface area contributed by atoms with Gasteiger partial charge >= 0.3 is 0 Å². The maximum atomic E-state index is 9.75. The Morgan fingerprint density at radius 1 is 1.48 bits per heavy atom. The highest BCUT2D eigenvalue weighted by Crippen LogP contribution is 2.37. The molecule has 2 aromatic rings. The van der Waals surface area contributed by atoms with Crippen LogP contribution in [0.3, 0.4) is 0 Å². The summed E-state index contributed by atoms with van der Waals surface area (Å²) in [5.74, 6) is 1.05. The Bertz CT molecular complexity index is 610. The molecule has 2 unspecified atom stereocenters. The number of hydrogen-bond donors (Lipinski definition) is 3. The Labute approximate surface area is 132 Å². The summed E-state index contributed by atoms with van der Waals surface area (Å²) in [6.07, 6.45) is 3.96. The summed E-state index contributed by atoms with van der Waals surface area (Å²) < 4.78 is 4.25. The van der Waals surface area contributed by atoms with Crippen LogP contribution in [0.25, 0.3) is 11.3 Å². The van der Waals surface area contributed by atoms with Gasteiger partial charge < -0.3 is 16.2 Å². The van der Waals surface area contributed by atoms with Crippen LogP contribution in [0.1, 0.15) is 30.7 Å². The van der Waals surface area contributed by atoms with Crippen molar-refractivity contribution in [3.63, 3.8) is 0 Å². The van der Waals surface area contributed by atoms with Crippen molar-refractivity contribution in [1.29, 1.82) is 0 Å². The average Bonchev–Trinajstić information content (AvgIpc) is 3.02. The topological polar surface area (TPSA) is 84.1 Å². The number of aryl methyl sites for hydroxylation is 1. The molecule has 114 valence electrons. The van der Waals surface area contributed by atoms with Crippen molar-refractivity contribution in [2.45, 2.75) is 38.7 Å². The zero-order chi connectivity index (χ0) is 14.8. The van der Waals surface area contributed by atoms with Gasteiger partial charge in [0.25, 0.3) is 0 Å². The lowest BCUT2D eigenvalue weighted by molar-refractivity contribution is 0.105. The van der Waals surface area contributed by atoms with Crippen molar-refractivity contribution in [2.75, 3.05) is 17.6 Å². The Kier molecular flexibility index (Phi) is 4.42. The maximum Gasteiger partial charge on any atom is 0.148 e. The molecule has 1 aliphatic rings. The minimum Gasteiger partial charge on any atom is -0.393 e. The molecule has 1 fully saturated rings. The van der Waals surface area contributed by atoms with Crippen molar-refractivity contribution >= 4 is 33.7 Å². The molecule has 7 heteroatoms. The van der Waals surface area contributed by atoms with Gasteiger partial charge in [0, 0.05) is 11.9 Å². The molecule has 0 radical (unpaired) electrons. The molecule has 0 amide bonds. The second-order valence-electron chi connectivity index (χ2n) is 5.59. The summed E-state index contributed by atoms with van der Waals surface area (Å²) in [6, 6.07) is 0. The first-order valence-corrected chi connectivity index (χ1v) is 8.88. The molecule has 0 bridgehead atoms. The standard InChI is InChI=1S/C14H20N4OS2/c1-8-17-11(7-20-8)12-13(15)18-21-14(12)16-6-9-3-2-4-10(19)5-9/h7,9-10,16,19H,2-6H2,1H3,(H2,15,18). The molecule has 2 heterocycles. The number of rotatable bonds is 4. The van der Waals surface area contributed by atoms with Crippen molar-refractivity contribution in [2.24, 2.45) is 5.92 Å². The van der Waals surface area contributed by atoms with Crippen LogP contribution < -0.4 is 11.1 Å². The number of aliphatic hydroxyl groups is 1. The minimum atomic E-state index is -0.141. The van der Waals surface area contributed by atoms with Gasteiger partial charge in [0.1, 0.15) is 10.8 Å². The Hall–Kier alpha value is -1.18. The predicted octanol–water partition coefficient (Wildman–Crippen LogP) is 3.12. The number of nitrogens with two attached hydrogens (primary N) is 1. The number of thiazole rings is 1. The first-order chi connectivity index (χ1) is 10.1. The van der Waals surface area contributed by atoms with Crippen LogP contribution in [-0.4, -0.2) is 27.1 Å². The van der Waals surface area contributed by atoms with E-state index in [-0.39, 0.29) is 6.10 Å². The molecule has 21 heavy (non-hydrogen) atoms. The highest BCUT2D eigenvalue weighted by molar-refractivity contribution is 7.11. The van der Waals surface area contributed by atoms with Crippen LogP contribution in [0.2, 0.25) is 0 Å². The number of aromatic nitrogens is 2. The Morgan fingerprint density at radius 2 is 2.33 bits per heavy atom. The second kappa shape index (κ2) is 6.29. The van der Waals surface area contributed by atoms with Gasteiger partial charge in [-0.2, -0.15) is 4.37 Å². The van der Waals surface area contributed by atoms with E-state index in [1.165, 1.54) is 18.0 Å². The summed E-state index contributed by atoms with van der Waals surface area (Å²) in [6.45, 7) is 2.84. The third-order valence-electron chi connectivity index (χ3n) is 3.90. The van der Waals surface area contributed by atoms with E-state index in [4.69, 9.17) is 5.73 Å². The van der Waals surface area contributed by atoms with Crippen molar-refractivity contribution in [3.8, 4) is 11.3 Å². The fourth-order valence-electron chi connectivity index (χ4n) is 2.83. The molecule has 0 spiro atoms. The van der Waals surface area contributed by atoms with E-state index in [1.54, 1.807) is 11.3 Å². The Morgan fingerprint density at radius 3 is 3.05 bits per heavy atom. The number of nitrogen functional groups attached to an aromatic ring is 1. The number of aliphatic hydroxyl groups excluding tert-OH is 1. The number of anilines is 2. The maximum absolute atomic E-state index is 9.75. The first-order valence-electron chi connectivity index (χ1n) is 7.23. The van der Waals surface area contributed by atoms with Gasteiger partial charge in [0.05, 0.1) is 22.4 Å². The molecule has 1 saturated carbocycles. The van der Waals surface area contributed by atoms with Gasteiger partial charge in [-0.1, -0.05) is 6.42 Å². The van der Waals surface area contributed by atoms with E-state index >= 15 is 0 Å². The average molecular weight is 324 g/mol. The van der Waals surface area contributed by atoms with Crippen molar-refractivity contribution in [1.82, 2.24) is 9.36 Å². The second-order valence-corrected chi connectivity index (χ2v) is 7.43. The van der Waals surface area contributed by atoms with Gasteiger partial charge in [-0.3, -0.25) is 0 Å². The van der Waals surface area contributed by atoms with Crippen LogP contribution in [0.5, 0.6) is 0 Å². The predicted molar refractivity (Wildman–Crippen MR) is 88.8 cm³/mol. The molecule has 0 aromatic carbocycles. The summed E-state index contributed by atoms with van der Waals surface area (Å²) in [4.78, 5) is 4.51. The quantitative estimate of drug-likeness (QED) is 0.805. The lowest BCUT2D eigenvalue weighted by Gasteiger charge is -2.26. The molecule has 3 rings (SSSR count). The van der Waals surface area contributed by atoms with Crippen molar-refractivity contribution in [3.05, 3.63) is 10.4 Å². The van der Waals surface area contributed by atoms with E-state index in [1.807, 2.05) is 12.3 Å². The fraction of sp³-hybridized carbons (Fsp3) is 0.571. The van der Waals surface area contributed by atoms with Gasteiger partial charge in [0.2, 0.25) is 0 Å². The SMILES string of the molecule is Cc1nc(-c2c(N)nsc2NCC2CCCC(O)C2)cs1. The highest BCUT2D eigenvalue weighted by atomic mass is 32.1. The molecule has 2 atom stereocenters. The highest BCUT2D eigenvalue weighted by Gasteiger charge is 2.21. The third kappa shape index (κ3) is 3.36. The van der Waals surface area contributed by atoms with E-state index in [9.17, 15) is 5.11 Å². The number of nitrogens with zero attached hydrogens (tertiary/aromatic N) is 2. The fourth-order valence-corrected chi connectivity index (χ4v) is 4.17. The lowest BCUT2D eigenvalue weighted by atomic mass is 9.87. The molecule has 0 saturated heterocycles. The number of hydrogen-bond acceptors (Lipinski definition) is 7. The molecular formula is C14H20N4OS2. The van der Waals surface area contributed by atoms with Gasteiger partial charge in [-0.05, 0) is 43.6 Å². The molecule has 2 aromatic heterocycles. The summed E-state index contributed by atoms with van der Waals surface area (Å²) in [7, 11) is 0. The third-order valence-corrected chi connectivity index (χ3v) is 5.49. The molecule has 1 aliphatic carbocycles. The molecule has 0 aliphatic heterocycles.